The van der Waals surface area contributed by atoms with E-state index >= 15 is 0 Å². The maximum atomic E-state index is 12.7. The molecular weight excluding hydrogens is 388 g/mol. The number of hydrogen-bond acceptors (Lipinski definition) is 8. The van der Waals surface area contributed by atoms with Gasteiger partial charge in [-0.05, 0) is 12.1 Å². The summed E-state index contributed by atoms with van der Waals surface area (Å²) in [6.07, 6.45) is 1.61. The number of piperazine rings is 1. The van der Waals surface area contributed by atoms with E-state index in [1.807, 2.05) is 17.0 Å². The second kappa shape index (κ2) is 8.23. The van der Waals surface area contributed by atoms with Gasteiger partial charge in [0, 0.05) is 57.1 Å². The fourth-order valence-electron chi connectivity index (χ4n) is 3.79. The van der Waals surface area contributed by atoms with Gasteiger partial charge in [0.05, 0.1) is 13.2 Å². The first kappa shape index (κ1) is 18.7. The fraction of sp³-hybridized carbons (Fsp3) is 0.450. The van der Waals surface area contributed by atoms with E-state index in [0.717, 1.165) is 37.9 Å². The molecule has 2 amide bonds. The zero-order valence-corrected chi connectivity index (χ0v) is 16.6. The highest BCUT2D eigenvalue weighted by Crippen LogP contribution is 2.34. The summed E-state index contributed by atoms with van der Waals surface area (Å²) in [5.41, 5.74) is 0.692. The molecule has 10 nitrogen and oxygen atoms in total. The summed E-state index contributed by atoms with van der Waals surface area (Å²) >= 11 is 0. The van der Waals surface area contributed by atoms with E-state index < -0.39 is 0 Å². The van der Waals surface area contributed by atoms with Crippen LogP contribution in [0, 0.1) is 0 Å². The quantitative estimate of drug-likeness (QED) is 0.809. The number of hydrogen-bond donors (Lipinski definition) is 1. The van der Waals surface area contributed by atoms with Crippen LogP contribution in [0.1, 0.15) is 0 Å². The van der Waals surface area contributed by atoms with Gasteiger partial charge in [-0.25, -0.2) is 14.8 Å². The van der Waals surface area contributed by atoms with Crippen LogP contribution in [0.25, 0.3) is 0 Å². The number of nitrogens with zero attached hydrogens (tertiary/aromatic N) is 5. The van der Waals surface area contributed by atoms with Crippen LogP contribution in [0.15, 0.2) is 30.6 Å². The van der Waals surface area contributed by atoms with Crippen LogP contribution < -0.4 is 24.6 Å². The minimum Gasteiger partial charge on any atom is -0.454 e. The smallest absolute Gasteiger partial charge is 0.321 e. The number of carbonyl (C=O) groups excluding carboxylic acids is 1. The van der Waals surface area contributed by atoms with E-state index in [1.54, 1.807) is 18.5 Å². The average molecular weight is 412 g/mol. The first-order valence-corrected chi connectivity index (χ1v) is 10.1. The van der Waals surface area contributed by atoms with Gasteiger partial charge >= 0.3 is 6.03 Å². The minimum atomic E-state index is -0.120. The normalized spacial score (nSPS) is 18.5. The van der Waals surface area contributed by atoms with Crippen molar-refractivity contribution < 1.29 is 19.0 Å². The van der Waals surface area contributed by atoms with E-state index in [1.165, 1.54) is 0 Å². The molecule has 5 rings (SSSR count). The van der Waals surface area contributed by atoms with Crippen molar-refractivity contribution in [3.8, 4) is 11.5 Å². The molecule has 1 aromatic heterocycles. The van der Waals surface area contributed by atoms with Crippen LogP contribution in [-0.2, 0) is 4.74 Å². The molecule has 0 atom stereocenters. The Morgan fingerprint density at radius 3 is 2.33 bits per heavy atom. The summed E-state index contributed by atoms with van der Waals surface area (Å²) < 4.78 is 16.1. The lowest BCUT2D eigenvalue weighted by molar-refractivity contribution is 0.122. The third-order valence-corrected chi connectivity index (χ3v) is 5.49. The molecule has 1 aromatic carbocycles. The molecule has 0 bridgehead atoms. The first-order valence-electron chi connectivity index (χ1n) is 10.1. The molecule has 2 fully saturated rings. The Hall–Kier alpha value is -3.27. The number of amides is 2. The molecule has 0 radical (unpaired) electrons. The topological polar surface area (TPSA) is 92.3 Å². The zero-order valence-electron chi connectivity index (χ0n) is 16.6. The molecule has 4 heterocycles. The second-order valence-corrected chi connectivity index (χ2v) is 7.31. The number of nitrogens with one attached hydrogen (secondary N) is 1. The fourth-order valence-corrected chi connectivity index (χ4v) is 3.79. The molecule has 0 spiro atoms. The molecule has 10 heteroatoms. The van der Waals surface area contributed by atoms with Gasteiger partial charge < -0.3 is 34.2 Å². The predicted molar refractivity (Wildman–Crippen MR) is 110 cm³/mol. The Kier molecular flexibility index (Phi) is 5.14. The molecule has 0 saturated carbocycles. The summed E-state index contributed by atoms with van der Waals surface area (Å²) in [6.45, 7) is 6.00. The van der Waals surface area contributed by atoms with Gasteiger partial charge in [0.25, 0.3) is 0 Å². The molecule has 158 valence electrons. The van der Waals surface area contributed by atoms with Crippen molar-refractivity contribution in [1.82, 2.24) is 14.9 Å². The molecular formula is C20H24N6O4. The lowest BCUT2D eigenvalue weighted by atomic mass is 10.2. The van der Waals surface area contributed by atoms with Crippen LogP contribution in [0.3, 0.4) is 0 Å². The highest BCUT2D eigenvalue weighted by atomic mass is 16.7. The van der Waals surface area contributed by atoms with Crippen LogP contribution in [0.5, 0.6) is 11.5 Å². The minimum absolute atomic E-state index is 0.120. The standard InChI is InChI=1S/C20H24N6O4/c27-20(23-15-1-2-16-17(11-15)30-14-29-16)26-5-3-24(4-6-26)18-12-19(22-13-21-18)25-7-9-28-10-8-25/h1-2,11-13H,3-10,14H2,(H,23,27). The summed E-state index contributed by atoms with van der Waals surface area (Å²) in [4.78, 5) is 27.7. The Bertz CT molecular complexity index is 912. The number of urea groups is 1. The average Bonchev–Trinajstić information content (AvgIpc) is 3.28. The maximum absolute atomic E-state index is 12.7. The number of rotatable bonds is 3. The highest BCUT2D eigenvalue weighted by molar-refractivity contribution is 5.90. The maximum Gasteiger partial charge on any atom is 0.321 e. The Morgan fingerprint density at radius 2 is 1.57 bits per heavy atom. The van der Waals surface area contributed by atoms with Crippen LogP contribution in [0.4, 0.5) is 22.1 Å². The molecule has 2 saturated heterocycles. The van der Waals surface area contributed by atoms with Crippen molar-refractivity contribution in [2.45, 2.75) is 0 Å². The largest absolute Gasteiger partial charge is 0.454 e. The molecule has 0 unspecified atom stereocenters. The third kappa shape index (κ3) is 3.90. The van der Waals surface area contributed by atoms with E-state index in [9.17, 15) is 4.79 Å². The van der Waals surface area contributed by atoms with Gasteiger partial charge in [0.1, 0.15) is 18.0 Å². The first-order chi connectivity index (χ1) is 14.8. The number of aromatic nitrogens is 2. The zero-order chi connectivity index (χ0) is 20.3. The number of benzene rings is 1. The molecule has 3 aliphatic rings. The van der Waals surface area contributed by atoms with E-state index in [4.69, 9.17) is 14.2 Å². The molecule has 30 heavy (non-hydrogen) atoms. The molecule has 2 aromatic rings. The Morgan fingerprint density at radius 1 is 0.867 bits per heavy atom. The second-order valence-electron chi connectivity index (χ2n) is 7.31. The van der Waals surface area contributed by atoms with Crippen molar-refractivity contribution in [1.29, 1.82) is 0 Å². The van der Waals surface area contributed by atoms with E-state index in [2.05, 4.69) is 25.1 Å². The van der Waals surface area contributed by atoms with Gasteiger partial charge in [-0.3, -0.25) is 0 Å². The van der Waals surface area contributed by atoms with Crippen LogP contribution >= 0.6 is 0 Å². The number of anilines is 3. The van der Waals surface area contributed by atoms with Crippen LogP contribution in [0.2, 0.25) is 0 Å². The Labute approximate surface area is 174 Å². The summed E-state index contributed by atoms with van der Waals surface area (Å²) in [7, 11) is 0. The molecule has 1 N–H and O–H groups in total. The van der Waals surface area contributed by atoms with Crippen molar-refractivity contribution >= 4 is 23.4 Å². The van der Waals surface area contributed by atoms with Crippen molar-refractivity contribution in [2.24, 2.45) is 0 Å². The van der Waals surface area contributed by atoms with E-state index in [-0.39, 0.29) is 12.8 Å². The van der Waals surface area contributed by atoms with Gasteiger partial charge in [0.15, 0.2) is 11.5 Å². The number of morpholine rings is 1. The third-order valence-electron chi connectivity index (χ3n) is 5.49. The van der Waals surface area contributed by atoms with Crippen molar-refractivity contribution in [2.75, 3.05) is 74.4 Å². The summed E-state index contributed by atoms with van der Waals surface area (Å²) in [5.74, 6) is 3.16. The van der Waals surface area contributed by atoms with Crippen molar-refractivity contribution in [3.63, 3.8) is 0 Å². The van der Waals surface area contributed by atoms with Gasteiger partial charge in [-0.2, -0.15) is 0 Å². The van der Waals surface area contributed by atoms with Gasteiger partial charge in [-0.15, -0.1) is 0 Å². The van der Waals surface area contributed by atoms with Gasteiger partial charge in [0.2, 0.25) is 6.79 Å². The lowest BCUT2D eigenvalue weighted by Crippen LogP contribution is -2.50. The Balaban J connectivity index is 1.17. The highest BCUT2D eigenvalue weighted by Gasteiger charge is 2.23. The molecule has 3 aliphatic heterocycles. The molecule has 0 aliphatic carbocycles. The monoisotopic (exact) mass is 412 g/mol. The number of fused-ring (bicyclic) bond motifs is 1. The van der Waals surface area contributed by atoms with Gasteiger partial charge in [-0.1, -0.05) is 0 Å². The predicted octanol–water partition coefficient (Wildman–Crippen LogP) is 1.40. The van der Waals surface area contributed by atoms with Crippen molar-refractivity contribution in [3.05, 3.63) is 30.6 Å². The number of ether oxygens (including phenoxy) is 3. The SMILES string of the molecule is O=C(Nc1ccc2c(c1)OCO2)N1CCN(c2cc(N3CCOCC3)ncn2)CC1. The van der Waals surface area contributed by atoms with Crippen LogP contribution in [-0.4, -0.2) is 80.2 Å². The number of carbonyl (C=O) groups is 1. The van der Waals surface area contributed by atoms with E-state index in [0.29, 0.717) is 43.4 Å². The summed E-state index contributed by atoms with van der Waals surface area (Å²) in [6, 6.07) is 7.30. The summed E-state index contributed by atoms with van der Waals surface area (Å²) in [5, 5.41) is 2.94. The lowest BCUT2D eigenvalue weighted by Gasteiger charge is -2.36.